The van der Waals surface area contributed by atoms with Gasteiger partial charge in [-0.1, -0.05) is 35.3 Å². The first-order chi connectivity index (χ1) is 12.0. The lowest BCUT2D eigenvalue weighted by atomic mass is 10.1. The number of carbonyl (C=O) groups excluding carboxylic acids is 1. The van der Waals surface area contributed by atoms with Gasteiger partial charge in [0.15, 0.2) is 0 Å². The Morgan fingerprint density at radius 2 is 1.48 bits per heavy atom. The molecule has 25 heavy (non-hydrogen) atoms. The Balaban J connectivity index is 1.85. The Morgan fingerprint density at radius 3 is 1.88 bits per heavy atom. The quantitative estimate of drug-likeness (QED) is 0.644. The van der Waals surface area contributed by atoms with Crippen LogP contribution in [0.1, 0.15) is 24.0 Å². The van der Waals surface area contributed by atoms with E-state index in [1.54, 1.807) is 0 Å². The molecule has 0 N–H and O–H groups in total. The molecule has 0 aromatic heterocycles. The smallest absolute Gasteiger partial charge is 0.328 e. The normalized spacial score (nSPS) is 14.0. The largest absolute Gasteiger partial charge is 0.367 e. The second-order valence-corrected chi connectivity index (χ2v) is 6.70. The second-order valence-electron chi connectivity index (χ2n) is 5.88. The fourth-order valence-corrected chi connectivity index (χ4v) is 2.81. The summed E-state index contributed by atoms with van der Waals surface area (Å²) in [4.78, 5) is 17.4. The Labute approximate surface area is 154 Å². The van der Waals surface area contributed by atoms with E-state index < -0.39 is 17.6 Å². The van der Waals surface area contributed by atoms with E-state index in [0.717, 1.165) is 12.8 Å². The van der Waals surface area contributed by atoms with E-state index in [1.165, 1.54) is 41.5 Å². The molecular formula is C18H15Cl2F2NO2. The van der Waals surface area contributed by atoms with Crippen molar-refractivity contribution in [3.63, 3.8) is 0 Å². The van der Waals surface area contributed by atoms with E-state index in [4.69, 9.17) is 28.0 Å². The number of rotatable bonds is 6. The van der Waals surface area contributed by atoms with E-state index in [0.29, 0.717) is 0 Å². The topological polar surface area (TPSA) is 29.5 Å². The van der Waals surface area contributed by atoms with Crippen LogP contribution in [-0.2, 0) is 22.7 Å². The highest BCUT2D eigenvalue weighted by atomic mass is 35.5. The lowest BCUT2D eigenvalue weighted by Gasteiger charge is -2.23. The zero-order chi connectivity index (χ0) is 18.0. The molecule has 0 amide bonds. The van der Waals surface area contributed by atoms with Crippen LogP contribution in [0.5, 0.6) is 0 Å². The van der Waals surface area contributed by atoms with Gasteiger partial charge >= 0.3 is 5.97 Å². The van der Waals surface area contributed by atoms with Crippen LogP contribution in [-0.4, -0.2) is 11.0 Å². The predicted octanol–water partition coefficient (Wildman–Crippen LogP) is 5.14. The zero-order valence-corrected chi connectivity index (χ0v) is 14.7. The van der Waals surface area contributed by atoms with Gasteiger partial charge < -0.3 is 4.84 Å². The van der Waals surface area contributed by atoms with Crippen molar-refractivity contribution in [1.29, 1.82) is 0 Å². The van der Waals surface area contributed by atoms with Gasteiger partial charge in [0.2, 0.25) is 0 Å². The average Bonchev–Trinajstić information content (AvgIpc) is 3.39. The summed E-state index contributed by atoms with van der Waals surface area (Å²) in [5.74, 6) is -1.63. The Hall–Kier alpha value is -1.69. The van der Waals surface area contributed by atoms with Gasteiger partial charge in [0.1, 0.15) is 11.6 Å². The molecule has 3 rings (SSSR count). The maximum absolute atomic E-state index is 14.1. The van der Waals surface area contributed by atoms with Gasteiger partial charge in [-0.2, -0.15) is 0 Å². The maximum Gasteiger partial charge on any atom is 0.328 e. The number of nitrogens with zero attached hydrogens (tertiary/aromatic N) is 1. The van der Waals surface area contributed by atoms with Crippen molar-refractivity contribution >= 4 is 29.2 Å². The van der Waals surface area contributed by atoms with Gasteiger partial charge in [-0.15, -0.1) is 5.06 Å². The maximum atomic E-state index is 14.1. The van der Waals surface area contributed by atoms with Gasteiger partial charge in [0, 0.05) is 21.2 Å². The lowest BCUT2D eigenvalue weighted by molar-refractivity contribution is -0.199. The summed E-state index contributed by atoms with van der Waals surface area (Å²) < 4.78 is 28.1. The number of hydrogen-bond donors (Lipinski definition) is 0. The van der Waals surface area contributed by atoms with Crippen LogP contribution in [0.15, 0.2) is 36.4 Å². The average molecular weight is 386 g/mol. The fourth-order valence-electron chi connectivity index (χ4n) is 2.36. The molecule has 0 aliphatic heterocycles. The van der Waals surface area contributed by atoms with E-state index in [2.05, 4.69) is 0 Å². The third kappa shape index (κ3) is 4.48. The minimum atomic E-state index is -0.528. The van der Waals surface area contributed by atoms with Gasteiger partial charge in [0.05, 0.1) is 19.0 Å². The molecule has 0 heterocycles. The molecule has 0 saturated heterocycles. The second kappa shape index (κ2) is 7.68. The minimum absolute atomic E-state index is 0.116. The van der Waals surface area contributed by atoms with Gasteiger partial charge in [-0.05, 0) is 37.1 Å². The molecule has 3 nitrogen and oxygen atoms in total. The third-order valence-electron chi connectivity index (χ3n) is 3.92. The molecule has 1 fully saturated rings. The summed E-state index contributed by atoms with van der Waals surface area (Å²) >= 11 is 12.1. The summed E-state index contributed by atoms with van der Waals surface area (Å²) in [6, 6.07) is 8.56. The summed E-state index contributed by atoms with van der Waals surface area (Å²) in [7, 11) is 0. The van der Waals surface area contributed by atoms with Crippen LogP contribution >= 0.6 is 23.2 Å². The monoisotopic (exact) mass is 385 g/mol. The van der Waals surface area contributed by atoms with Gasteiger partial charge in [-0.3, -0.25) is 4.79 Å². The highest BCUT2D eigenvalue weighted by Gasteiger charge is 2.33. The van der Waals surface area contributed by atoms with Crippen molar-refractivity contribution < 1.29 is 18.4 Å². The first-order valence-electron chi connectivity index (χ1n) is 7.78. The predicted molar refractivity (Wildman–Crippen MR) is 90.9 cm³/mol. The van der Waals surface area contributed by atoms with Gasteiger partial charge in [0.25, 0.3) is 0 Å². The highest BCUT2D eigenvalue weighted by Crippen LogP contribution is 2.32. The van der Waals surface area contributed by atoms with Crippen LogP contribution in [0.2, 0.25) is 10.0 Å². The molecule has 2 aromatic carbocycles. The van der Waals surface area contributed by atoms with Crippen LogP contribution in [0.3, 0.4) is 0 Å². The van der Waals surface area contributed by atoms with E-state index in [-0.39, 0.29) is 40.2 Å². The van der Waals surface area contributed by atoms with Crippen molar-refractivity contribution in [2.45, 2.75) is 25.9 Å². The molecular weight excluding hydrogens is 371 g/mol. The zero-order valence-electron chi connectivity index (χ0n) is 13.1. The summed E-state index contributed by atoms with van der Waals surface area (Å²) in [5.41, 5.74) is 0.334. The fraction of sp³-hybridized carbons (Fsp3) is 0.278. The van der Waals surface area contributed by atoms with Crippen LogP contribution in [0.25, 0.3) is 0 Å². The third-order valence-corrected chi connectivity index (χ3v) is 4.63. The SMILES string of the molecule is O=C(ON(Cc1c(F)cccc1Cl)Cc1c(F)cccc1Cl)C1CC1. The minimum Gasteiger partial charge on any atom is -0.367 e. The lowest BCUT2D eigenvalue weighted by Crippen LogP contribution is -2.28. The van der Waals surface area contributed by atoms with Crippen molar-refractivity contribution in [2.24, 2.45) is 5.92 Å². The summed E-state index contributed by atoms with van der Waals surface area (Å²) in [5, 5.41) is 1.59. The van der Waals surface area contributed by atoms with E-state index in [9.17, 15) is 13.6 Å². The summed E-state index contributed by atoms with van der Waals surface area (Å²) in [6.07, 6.45) is 1.52. The number of carbonyl (C=O) groups is 1. The molecule has 2 aromatic rings. The Morgan fingerprint density at radius 1 is 1.00 bits per heavy atom. The molecule has 1 aliphatic rings. The Bertz CT molecular complexity index is 703. The van der Waals surface area contributed by atoms with Crippen LogP contribution < -0.4 is 0 Å². The molecule has 132 valence electrons. The molecule has 0 unspecified atom stereocenters. The van der Waals surface area contributed by atoms with Gasteiger partial charge in [-0.25, -0.2) is 8.78 Å². The number of halogens is 4. The standard InChI is InChI=1S/C18H15Cl2F2NO2/c19-14-3-1-5-16(21)12(14)9-23(25-18(24)11-7-8-11)10-13-15(20)4-2-6-17(13)22/h1-6,11H,7-10H2. The molecule has 0 bridgehead atoms. The number of benzene rings is 2. The van der Waals surface area contributed by atoms with E-state index in [1.807, 2.05) is 0 Å². The van der Waals surface area contributed by atoms with Crippen LogP contribution in [0, 0.1) is 17.6 Å². The number of hydroxylamine groups is 2. The van der Waals surface area contributed by atoms with Crippen molar-refractivity contribution in [3.8, 4) is 0 Å². The number of hydrogen-bond acceptors (Lipinski definition) is 3. The molecule has 7 heteroatoms. The molecule has 1 aliphatic carbocycles. The molecule has 1 saturated carbocycles. The van der Waals surface area contributed by atoms with Crippen molar-refractivity contribution in [1.82, 2.24) is 5.06 Å². The van der Waals surface area contributed by atoms with Crippen LogP contribution in [0.4, 0.5) is 8.78 Å². The molecule has 0 atom stereocenters. The Kier molecular flexibility index (Phi) is 5.57. The highest BCUT2D eigenvalue weighted by molar-refractivity contribution is 6.31. The van der Waals surface area contributed by atoms with Crippen molar-refractivity contribution in [3.05, 3.63) is 69.2 Å². The summed E-state index contributed by atoms with van der Waals surface area (Å²) in [6.45, 7) is -0.233. The van der Waals surface area contributed by atoms with Crippen molar-refractivity contribution in [2.75, 3.05) is 0 Å². The molecule has 0 radical (unpaired) electrons. The first-order valence-corrected chi connectivity index (χ1v) is 8.54. The molecule has 0 spiro atoms. The first kappa shape index (κ1) is 18.1. The van der Waals surface area contributed by atoms with E-state index >= 15 is 0 Å².